The fourth-order valence-corrected chi connectivity index (χ4v) is 0.393. The van der Waals surface area contributed by atoms with Gasteiger partial charge in [-0.25, -0.2) is 0 Å². The average molecular weight is 256 g/mol. The minimum atomic E-state index is 0. The molecule has 0 unspecified atom stereocenters. The zero-order valence-electron chi connectivity index (χ0n) is 5.03. The van der Waals surface area contributed by atoms with E-state index in [1.807, 2.05) is 0 Å². The molecule has 0 heterocycles. The molecule has 0 fully saturated rings. The van der Waals surface area contributed by atoms with Crippen molar-refractivity contribution in [3.63, 3.8) is 0 Å². The van der Waals surface area contributed by atoms with Crippen molar-refractivity contribution in [1.29, 1.82) is 0 Å². The molecule has 0 aromatic carbocycles. The van der Waals surface area contributed by atoms with Gasteiger partial charge < -0.3 is 49.6 Å². The van der Waals surface area contributed by atoms with Crippen molar-refractivity contribution >= 4 is 0 Å². The van der Waals surface area contributed by atoms with Crippen LogP contribution in [-0.4, -0.2) is 0 Å². The van der Waals surface area contributed by atoms with Gasteiger partial charge in [0.05, 0.1) is 0 Å². The van der Waals surface area contributed by atoms with E-state index in [1.54, 1.807) is 0 Å². The quantitative estimate of drug-likeness (QED) is 0.377. The Labute approximate surface area is 101 Å². The molecule has 0 bridgehead atoms. The minimum Gasteiger partial charge on any atom is -1.00 e. The van der Waals surface area contributed by atoms with Gasteiger partial charge in [0, 0.05) is 0 Å². The Morgan fingerprint density at radius 2 is 1.00 bits per heavy atom. The zero-order chi connectivity index (χ0) is 3.54. The summed E-state index contributed by atoms with van der Waals surface area (Å²) in [5.41, 5.74) is 0. The van der Waals surface area contributed by atoms with E-state index >= 15 is 0 Å². The molecule has 0 aromatic heterocycles. The summed E-state index contributed by atoms with van der Waals surface area (Å²) >= 11 is 0. The number of hydrogen-bond acceptors (Lipinski definition) is 0. The van der Waals surface area contributed by atoms with Crippen molar-refractivity contribution in [3.8, 4) is 0 Å². The molecule has 0 N–H and O–H groups in total. The first-order chi connectivity index (χ1) is 2.50. The van der Waals surface area contributed by atoms with Gasteiger partial charge in [-0.15, -0.1) is 0 Å². The fourth-order valence-electron chi connectivity index (χ4n) is 0.393. The molecule has 0 saturated heterocycles. The predicted octanol–water partition coefficient (Wildman–Crippen LogP) is -10.5. The van der Waals surface area contributed by atoms with Crippen LogP contribution in [0.5, 0.6) is 0 Å². The van der Waals surface area contributed by atoms with E-state index in [1.165, 1.54) is 0 Å². The van der Waals surface area contributed by atoms with Crippen molar-refractivity contribution in [3.05, 3.63) is 24.3 Å². The van der Waals surface area contributed by atoms with Crippen LogP contribution in [0.15, 0.2) is 24.3 Å². The molecule has 0 saturated carbocycles. The Morgan fingerprint density at radius 3 is 1.10 bits per heavy atom. The summed E-state index contributed by atoms with van der Waals surface area (Å²) in [5, 5.41) is 0. The second-order valence-corrected chi connectivity index (χ2v) is 1.09. The molecule has 0 aromatic rings. The van der Waals surface area contributed by atoms with Gasteiger partial charge in [0.2, 0.25) is 0 Å². The molecular formula is C5H6Cl4Ti. The molecular weight excluding hydrogens is 250 g/mol. The maximum Gasteiger partial charge on any atom is 4.00 e. The second kappa shape index (κ2) is 22.4. The molecule has 1 rings (SSSR count). The van der Waals surface area contributed by atoms with Gasteiger partial charge in [0.25, 0.3) is 0 Å². The van der Waals surface area contributed by atoms with E-state index in [0.717, 1.165) is 6.42 Å². The van der Waals surface area contributed by atoms with Crippen LogP contribution in [0, 0.1) is 0 Å². The van der Waals surface area contributed by atoms with Crippen LogP contribution in [0.1, 0.15) is 6.42 Å². The molecule has 0 spiro atoms. The molecule has 0 aliphatic heterocycles. The predicted molar refractivity (Wildman–Crippen MR) is 22.9 cm³/mol. The first kappa shape index (κ1) is 30.1. The Morgan fingerprint density at radius 1 is 0.700 bits per heavy atom. The minimum absolute atomic E-state index is 0. The standard InChI is InChI=1S/C5H6.4ClH.Ti/c1-2-4-5-3-1;;;;;/h1-4H,5H2;4*1H;/q;;;;;+4/p-4. The van der Waals surface area contributed by atoms with Crippen LogP contribution in [0.4, 0.5) is 0 Å². The van der Waals surface area contributed by atoms with Gasteiger partial charge in [-0.2, -0.15) is 0 Å². The molecule has 5 heteroatoms. The summed E-state index contributed by atoms with van der Waals surface area (Å²) in [6.45, 7) is 0. The first-order valence-corrected chi connectivity index (χ1v) is 1.82. The number of halogens is 4. The van der Waals surface area contributed by atoms with E-state index in [2.05, 4.69) is 24.3 Å². The topological polar surface area (TPSA) is 0 Å². The van der Waals surface area contributed by atoms with Crippen molar-refractivity contribution in [2.24, 2.45) is 0 Å². The number of hydrogen-bond donors (Lipinski definition) is 0. The van der Waals surface area contributed by atoms with Crippen molar-refractivity contribution in [1.82, 2.24) is 0 Å². The van der Waals surface area contributed by atoms with Gasteiger partial charge in [0.15, 0.2) is 0 Å². The van der Waals surface area contributed by atoms with Gasteiger partial charge in [0.1, 0.15) is 0 Å². The fraction of sp³-hybridized carbons (Fsp3) is 0.200. The van der Waals surface area contributed by atoms with Crippen molar-refractivity contribution in [2.45, 2.75) is 6.42 Å². The SMILES string of the molecule is C1=CCC=C1.[Cl-].[Cl-].[Cl-].[Cl-].[Ti+4]. The third kappa shape index (κ3) is 16.2. The molecule has 0 nitrogen and oxygen atoms in total. The van der Waals surface area contributed by atoms with Crippen LogP contribution >= 0.6 is 0 Å². The monoisotopic (exact) mass is 254 g/mol. The van der Waals surface area contributed by atoms with Gasteiger partial charge in [-0.3, -0.25) is 0 Å². The first-order valence-electron chi connectivity index (χ1n) is 1.82. The van der Waals surface area contributed by atoms with Crippen LogP contribution in [0.2, 0.25) is 0 Å². The summed E-state index contributed by atoms with van der Waals surface area (Å²) in [5.74, 6) is 0. The summed E-state index contributed by atoms with van der Waals surface area (Å²) in [4.78, 5) is 0. The largest absolute Gasteiger partial charge is 4.00 e. The Bertz CT molecular complexity index is 71.7. The van der Waals surface area contributed by atoms with Gasteiger partial charge in [-0.05, 0) is 6.42 Å². The molecule has 0 radical (unpaired) electrons. The summed E-state index contributed by atoms with van der Waals surface area (Å²) < 4.78 is 0. The summed E-state index contributed by atoms with van der Waals surface area (Å²) in [6, 6.07) is 0. The smallest absolute Gasteiger partial charge is 1.00 e. The van der Waals surface area contributed by atoms with E-state index in [-0.39, 0.29) is 71.3 Å². The summed E-state index contributed by atoms with van der Waals surface area (Å²) in [6.07, 6.45) is 9.50. The van der Waals surface area contributed by atoms with E-state index in [9.17, 15) is 0 Å². The maximum atomic E-state index is 2.12. The Hall–Kier alpha value is 1.35. The molecule has 10 heavy (non-hydrogen) atoms. The van der Waals surface area contributed by atoms with Crippen LogP contribution in [-0.2, 0) is 21.7 Å². The second-order valence-electron chi connectivity index (χ2n) is 1.09. The molecule has 1 aliphatic carbocycles. The molecule has 58 valence electrons. The summed E-state index contributed by atoms with van der Waals surface area (Å²) in [7, 11) is 0. The number of rotatable bonds is 0. The number of allylic oxidation sites excluding steroid dienone is 4. The van der Waals surface area contributed by atoms with Gasteiger partial charge >= 0.3 is 21.7 Å². The maximum absolute atomic E-state index is 2.12. The third-order valence-electron chi connectivity index (χ3n) is 0.655. The van der Waals surface area contributed by atoms with E-state index in [0.29, 0.717) is 0 Å². The normalized spacial score (nSPS) is 8.80. The van der Waals surface area contributed by atoms with Crippen LogP contribution < -0.4 is 49.6 Å². The van der Waals surface area contributed by atoms with Gasteiger partial charge in [-0.1, -0.05) is 24.3 Å². The van der Waals surface area contributed by atoms with Crippen LogP contribution in [0.25, 0.3) is 0 Å². The van der Waals surface area contributed by atoms with Crippen molar-refractivity contribution in [2.75, 3.05) is 0 Å². The van der Waals surface area contributed by atoms with Crippen molar-refractivity contribution < 1.29 is 71.3 Å². The molecule has 1 aliphatic rings. The van der Waals surface area contributed by atoms with E-state index < -0.39 is 0 Å². The Balaban J connectivity index is -0.0000000167. The zero-order valence-corrected chi connectivity index (χ0v) is 9.61. The molecule has 0 amide bonds. The van der Waals surface area contributed by atoms with Crippen LogP contribution in [0.3, 0.4) is 0 Å². The average Bonchev–Trinajstić information content (AvgIpc) is 1.76. The Kier molecular flexibility index (Phi) is 67.7. The third-order valence-corrected chi connectivity index (χ3v) is 0.655. The molecule has 0 atom stereocenters. The van der Waals surface area contributed by atoms with E-state index in [4.69, 9.17) is 0 Å².